The number of carbonyl (C=O) groups is 1. The predicted molar refractivity (Wildman–Crippen MR) is 158 cm³/mol. The molecule has 0 radical (unpaired) electrons. The van der Waals surface area contributed by atoms with Gasteiger partial charge in [0.05, 0.1) is 24.0 Å². The van der Waals surface area contributed by atoms with Gasteiger partial charge >= 0.3 is 5.97 Å². The number of aliphatic imine (C=N–C) groups is 2. The van der Waals surface area contributed by atoms with Gasteiger partial charge in [-0.25, -0.2) is 19.8 Å². The summed E-state index contributed by atoms with van der Waals surface area (Å²) in [6, 6.07) is 18.7. The van der Waals surface area contributed by atoms with Crippen LogP contribution in [0.15, 0.2) is 76.0 Å². The largest absolute Gasteiger partial charge is 0.467 e. The molecule has 1 saturated heterocycles. The Bertz CT molecular complexity index is 1350. The summed E-state index contributed by atoms with van der Waals surface area (Å²) in [5.41, 5.74) is 8.01. The first-order valence-corrected chi connectivity index (χ1v) is 14.1. The standard InChI is InChI=1S/C32H41N5O3/c1-21-25(26(29(38)39-7)40-31(2,3)4)28(36-18-16-32(5,6)17-19-36)37-30(33-21)34-27(35-37)24-15-11-14-23(20-24)22-12-9-8-10-13-22/h8-15,20,26-27,35H,16-19H2,1-7H3. The summed E-state index contributed by atoms with van der Waals surface area (Å²) < 4.78 is 11.6. The highest BCUT2D eigenvalue weighted by Gasteiger charge is 2.43. The van der Waals surface area contributed by atoms with E-state index < -0.39 is 17.7 Å². The number of hydrogen-bond donors (Lipinski definition) is 1. The summed E-state index contributed by atoms with van der Waals surface area (Å²) in [5.74, 6) is 1.000. The zero-order chi connectivity index (χ0) is 28.7. The molecule has 8 nitrogen and oxygen atoms in total. The molecule has 1 fully saturated rings. The van der Waals surface area contributed by atoms with E-state index in [-0.39, 0.29) is 11.6 Å². The van der Waals surface area contributed by atoms with Crippen LogP contribution < -0.4 is 5.43 Å². The highest BCUT2D eigenvalue weighted by Crippen LogP contribution is 2.38. The van der Waals surface area contributed by atoms with Crippen LogP contribution in [0.3, 0.4) is 0 Å². The molecule has 0 aromatic heterocycles. The molecular weight excluding hydrogens is 502 g/mol. The summed E-state index contributed by atoms with van der Waals surface area (Å²) in [4.78, 5) is 25.4. The molecule has 0 bridgehead atoms. The van der Waals surface area contributed by atoms with Crippen molar-refractivity contribution in [2.75, 3.05) is 20.2 Å². The molecule has 2 aromatic carbocycles. The van der Waals surface area contributed by atoms with Crippen molar-refractivity contribution in [2.24, 2.45) is 15.4 Å². The number of nitrogens with zero attached hydrogens (tertiary/aromatic N) is 4. The third-order valence-corrected chi connectivity index (χ3v) is 7.68. The minimum Gasteiger partial charge on any atom is -0.467 e. The van der Waals surface area contributed by atoms with E-state index in [0.29, 0.717) is 17.2 Å². The third-order valence-electron chi connectivity index (χ3n) is 7.68. The Hall–Kier alpha value is -3.49. The quantitative estimate of drug-likeness (QED) is 0.472. The van der Waals surface area contributed by atoms with Crippen molar-refractivity contribution in [2.45, 2.75) is 72.3 Å². The van der Waals surface area contributed by atoms with E-state index in [0.717, 1.165) is 48.4 Å². The Balaban J connectivity index is 1.56. The lowest BCUT2D eigenvalue weighted by Gasteiger charge is -2.44. The van der Waals surface area contributed by atoms with Crippen LogP contribution in [0.2, 0.25) is 0 Å². The number of benzene rings is 2. The second kappa shape index (κ2) is 10.8. The van der Waals surface area contributed by atoms with Crippen LogP contribution in [0.4, 0.5) is 0 Å². The lowest BCUT2D eigenvalue weighted by Crippen LogP contribution is -2.52. The van der Waals surface area contributed by atoms with Crippen LogP contribution in [0, 0.1) is 5.41 Å². The van der Waals surface area contributed by atoms with Crippen molar-refractivity contribution in [1.82, 2.24) is 15.3 Å². The Labute approximate surface area is 237 Å². The molecule has 40 heavy (non-hydrogen) atoms. The number of esters is 1. The number of carbonyl (C=O) groups excluding carboxylic acids is 1. The van der Waals surface area contributed by atoms with Gasteiger partial charge in [-0.2, -0.15) is 5.43 Å². The van der Waals surface area contributed by atoms with E-state index in [1.807, 2.05) is 50.9 Å². The van der Waals surface area contributed by atoms with Gasteiger partial charge in [0, 0.05) is 13.1 Å². The van der Waals surface area contributed by atoms with Crippen molar-refractivity contribution >= 4 is 17.6 Å². The zero-order valence-electron chi connectivity index (χ0n) is 24.7. The van der Waals surface area contributed by atoms with Crippen molar-refractivity contribution in [3.05, 3.63) is 71.6 Å². The maximum Gasteiger partial charge on any atom is 0.339 e. The van der Waals surface area contributed by atoms with Crippen molar-refractivity contribution in [3.63, 3.8) is 0 Å². The van der Waals surface area contributed by atoms with Gasteiger partial charge in [0.25, 0.3) is 0 Å². The first-order chi connectivity index (χ1) is 19.0. The lowest BCUT2D eigenvalue weighted by atomic mass is 9.82. The SMILES string of the molecule is COC(=O)C(OC(C)(C)C)C1=C(N2CCC(C)(C)CC2)N2NC(c3cccc(-c4ccccc4)c3)N=C2N=C1C. The maximum absolute atomic E-state index is 13.2. The summed E-state index contributed by atoms with van der Waals surface area (Å²) in [6.45, 7) is 14.1. The molecule has 3 heterocycles. The number of piperidine rings is 1. The number of fused-ring (bicyclic) bond motifs is 1. The second-order valence-electron chi connectivity index (χ2n) is 12.5. The van der Waals surface area contributed by atoms with Gasteiger partial charge in [0.1, 0.15) is 12.0 Å². The van der Waals surface area contributed by atoms with E-state index in [2.05, 4.69) is 60.6 Å². The Morgan fingerprint density at radius 2 is 1.73 bits per heavy atom. The number of likely N-dealkylation sites (tertiary alicyclic amines) is 1. The molecule has 0 saturated carbocycles. The van der Waals surface area contributed by atoms with Gasteiger partial charge in [-0.05, 0) is 68.7 Å². The van der Waals surface area contributed by atoms with E-state index in [1.165, 1.54) is 7.11 Å². The molecule has 3 aliphatic rings. The molecule has 2 unspecified atom stereocenters. The number of hydrogen-bond acceptors (Lipinski definition) is 8. The lowest BCUT2D eigenvalue weighted by molar-refractivity contribution is -0.159. The number of ether oxygens (including phenoxy) is 2. The summed E-state index contributed by atoms with van der Waals surface area (Å²) >= 11 is 0. The summed E-state index contributed by atoms with van der Waals surface area (Å²) in [7, 11) is 1.40. The molecule has 5 rings (SSSR count). The Kier molecular flexibility index (Phi) is 7.59. The fourth-order valence-corrected chi connectivity index (χ4v) is 5.41. The van der Waals surface area contributed by atoms with Gasteiger partial charge in [-0.3, -0.25) is 0 Å². The van der Waals surface area contributed by atoms with Gasteiger partial charge < -0.3 is 14.4 Å². The van der Waals surface area contributed by atoms with Crippen LogP contribution in [-0.2, 0) is 14.3 Å². The third kappa shape index (κ3) is 5.83. The fourth-order valence-electron chi connectivity index (χ4n) is 5.41. The van der Waals surface area contributed by atoms with Crippen molar-refractivity contribution < 1.29 is 14.3 Å². The topological polar surface area (TPSA) is 78.8 Å². The average Bonchev–Trinajstić information content (AvgIpc) is 3.35. The smallest absolute Gasteiger partial charge is 0.339 e. The second-order valence-corrected chi connectivity index (χ2v) is 12.5. The monoisotopic (exact) mass is 543 g/mol. The Morgan fingerprint density at radius 1 is 1.05 bits per heavy atom. The molecule has 212 valence electrons. The van der Waals surface area contributed by atoms with E-state index in [1.54, 1.807) is 0 Å². The Morgan fingerprint density at radius 3 is 2.38 bits per heavy atom. The highest BCUT2D eigenvalue weighted by atomic mass is 16.6. The van der Waals surface area contributed by atoms with Gasteiger partial charge in [0.2, 0.25) is 5.96 Å². The minimum absolute atomic E-state index is 0.258. The molecule has 2 atom stereocenters. The molecule has 8 heteroatoms. The van der Waals surface area contributed by atoms with Gasteiger partial charge in [-0.1, -0.05) is 62.4 Å². The predicted octanol–water partition coefficient (Wildman–Crippen LogP) is 5.69. The van der Waals surface area contributed by atoms with Crippen molar-refractivity contribution in [1.29, 1.82) is 0 Å². The molecule has 1 N–H and O–H groups in total. The van der Waals surface area contributed by atoms with Crippen LogP contribution >= 0.6 is 0 Å². The number of nitrogens with one attached hydrogen (secondary N) is 1. The van der Waals surface area contributed by atoms with Crippen LogP contribution in [-0.4, -0.2) is 59.5 Å². The normalized spacial score (nSPS) is 21.5. The maximum atomic E-state index is 13.2. The zero-order valence-corrected chi connectivity index (χ0v) is 24.7. The average molecular weight is 544 g/mol. The van der Waals surface area contributed by atoms with Crippen LogP contribution in [0.1, 0.15) is 66.1 Å². The molecule has 0 amide bonds. The van der Waals surface area contributed by atoms with Gasteiger partial charge in [0.15, 0.2) is 6.10 Å². The number of guanidine groups is 1. The minimum atomic E-state index is -0.928. The van der Waals surface area contributed by atoms with Crippen LogP contribution in [0.5, 0.6) is 0 Å². The van der Waals surface area contributed by atoms with Crippen molar-refractivity contribution in [3.8, 4) is 11.1 Å². The fraction of sp³-hybridized carbons (Fsp3) is 0.469. The first kappa shape index (κ1) is 28.1. The molecular formula is C32H41N5O3. The number of rotatable bonds is 6. The molecule has 2 aromatic rings. The van der Waals surface area contributed by atoms with Crippen LogP contribution in [0.25, 0.3) is 11.1 Å². The molecule has 0 spiro atoms. The number of hydrazine groups is 1. The molecule has 0 aliphatic carbocycles. The first-order valence-electron chi connectivity index (χ1n) is 14.1. The molecule has 3 aliphatic heterocycles. The highest BCUT2D eigenvalue weighted by molar-refractivity contribution is 6.12. The summed E-state index contributed by atoms with van der Waals surface area (Å²) in [6.07, 6.45) is 0.811. The van der Waals surface area contributed by atoms with E-state index in [4.69, 9.17) is 19.5 Å². The van der Waals surface area contributed by atoms with Gasteiger partial charge in [-0.15, -0.1) is 0 Å². The number of methoxy groups -OCH3 is 1. The van der Waals surface area contributed by atoms with E-state index in [9.17, 15) is 4.79 Å². The van der Waals surface area contributed by atoms with E-state index >= 15 is 0 Å². The summed E-state index contributed by atoms with van der Waals surface area (Å²) in [5, 5.41) is 1.95.